The first kappa shape index (κ1) is 26.7. The second kappa shape index (κ2) is 11.0. The van der Waals surface area contributed by atoms with Crippen molar-refractivity contribution in [2.24, 2.45) is 4.99 Å². The number of nitrogens with zero attached hydrogens (tertiary/aromatic N) is 2. The van der Waals surface area contributed by atoms with Crippen LogP contribution in [0, 0.1) is 3.57 Å². The van der Waals surface area contributed by atoms with E-state index in [0.29, 0.717) is 47.0 Å². The van der Waals surface area contributed by atoms with Crippen LogP contribution in [0.2, 0.25) is 0 Å². The molecule has 37 heavy (non-hydrogen) atoms. The molecule has 1 N–H and O–H groups in total. The normalized spacial score (nSPS) is 15.2. The van der Waals surface area contributed by atoms with E-state index in [4.69, 9.17) is 18.9 Å². The first-order valence-electron chi connectivity index (χ1n) is 11.2. The van der Waals surface area contributed by atoms with Crippen molar-refractivity contribution in [2.75, 3.05) is 27.9 Å². The molecule has 0 aliphatic carbocycles. The molecule has 194 valence electrons. The molecule has 2 heterocycles. The fraction of sp³-hybridized carbons (Fsp3) is 0.269. The third-order valence-corrected chi connectivity index (χ3v) is 7.62. The fourth-order valence-corrected chi connectivity index (χ4v) is 5.79. The molecule has 0 spiro atoms. The van der Waals surface area contributed by atoms with Crippen LogP contribution in [0.3, 0.4) is 0 Å². The van der Waals surface area contributed by atoms with E-state index in [1.54, 1.807) is 50.3 Å². The Morgan fingerprint density at radius 1 is 1.16 bits per heavy atom. The molecular weight excluding hydrogens is 611 g/mol. The van der Waals surface area contributed by atoms with Crippen LogP contribution in [0.5, 0.6) is 23.0 Å². The van der Waals surface area contributed by atoms with Crippen LogP contribution in [0.25, 0.3) is 6.08 Å². The predicted octanol–water partition coefficient (Wildman–Crippen LogP) is 3.13. The molecule has 1 aromatic heterocycles. The smallest absolute Gasteiger partial charge is 0.338 e. The van der Waals surface area contributed by atoms with Gasteiger partial charge in [0.15, 0.2) is 16.3 Å². The van der Waals surface area contributed by atoms with Gasteiger partial charge in [0.25, 0.3) is 5.56 Å². The lowest BCUT2D eigenvalue weighted by Gasteiger charge is -2.26. The van der Waals surface area contributed by atoms with Crippen molar-refractivity contribution in [3.63, 3.8) is 0 Å². The van der Waals surface area contributed by atoms with E-state index >= 15 is 0 Å². The average Bonchev–Trinajstić information content (AvgIpc) is 3.18. The summed E-state index contributed by atoms with van der Waals surface area (Å²) in [5, 5.41) is 10.2. The van der Waals surface area contributed by atoms with E-state index in [-0.39, 0.29) is 23.5 Å². The van der Waals surface area contributed by atoms with Crippen molar-refractivity contribution in [1.29, 1.82) is 0 Å². The molecule has 0 saturated heterocycles. The molecule has 1 aliphatic heterocycles. The lowest BCUT2D eigenvalue weighted by atomic mass is 9.94. The number of hydrogen-bond donors (Lipinski definition) is 1. The minimum atomic E-state index is -0.850. The number of fused-ring (bicyclic) bond motifs is 1. The van der Waals surface area contributed by atoms with Crippen molar-refractivity contribution < 1.29 is 28.8 Å². The zero-order chi connectivity index (χ0) is 26.9. The van der Waals surface area contributed by atoms with Gasteiger partial charge in [-0.3, -0.25) is 9.36 Å². The molecule has 0 radical (unpaired) electrons. The number of ether oxygens (including phenoxy) is 4. The van der Waals surface area contributed by atoms with E-state index in [1.807, 2.05) is 22.6 Å². The summed E-state index contributed by atoms with van der Waals surface area (Å²) in [6.07, 6.45) is 1.71. The first-order valence-corrected chi connectivity index (χ1v) is 13.1. The Kier molecular flexibility index (Phi) is 7.93. The number of carbonyl (C=O) groups excluding carboxylic acids is 1. The summed E-state index contributed by atoms with van der Waals surface area (Å²) in [4.78, 5) is 32.0. The minimum Gasteiger partial charge on any atom is -0.504 e. The lowest BCUT2D eigenvalue weighted by molar-refractivity contribution is -0.139. The zero-order valence-electron chi connectivity index (χ0n) is 20.8. The highest BCUT2D eigenvalue weighted by molar-refractivity contribution is 14.1. The highest BCUT2D eigenvalue weighted by atomic mass is 127. The number of halogens is 1. The number of methoxy groups -OCH3 is 3. The summed E-state index contributed by atoms with van der Waals surface area (Å²) in [5.41, 5.74) is 1.58. The largest absolute Gasteiger partial charge is 0.504 e. The topological polar surface area (TPSA) is 109 Å². The zero-order valence-corrected chi connectivity index (χ0v) is 23.8. The average molecular weight is 636 g/mol. The fourth-order valence-electron chi connectivity index (χ4n) is 4.12. The van der Waals surface area contributed by atoms with Gasteiger partial charge in [-0.2, -0.15) is 0 Å². The van der Waals surface area contributed by atoms with Gasteiger partial charge in [-0.05, 0) is 78.4 Å². The maximum Gasteiger partial charge on any atom is 0.338 e. The molecule has 0 fully saturated rings. The number of phenolic OH excluding ortho intramolecular Hbond substituents is 1. The van der Waals surface area contributed by atoms with Gasteiger partial charge < -0.3 is 24.1 Å². The van der Waals surface area contributed by atoms with E-state index < -0.39 is 12.0 Å². The highest BCUT2D eigenvalue weighted by Gasteiger charge is 2.35. The number of carbonyl (C=O) groups is 1. The molecular formula is C26H25IN2O7S. The molecule has 1 aliphatic rings. The number of hydrogen-bond acceptors (Lipinski definition) is 9. The number of thiazole rings is 1. The third-order valence-electron chi connectivity index (χ3n) is 5.82. The molecule has 1 atom stereocenters. The molecule has 0 bridgehead atoms. The van der Waals surface area contributed by atoms with Gasteiger partial charge in [0.2, 0.25) is 0 Å². The molecule has 2 aromatic carbocycles. The van der Waals surface area contributed by atoms with E-state index in [1.165, 1.54) is 37.2 Å². The van der Waals surface area contributed by atoms with Crippen molar-refractivity contribution in [3.8, 4) is 23.0 Å². The number of phenols is 1. The standard InChI is InChI=1S/C26H25IN2O7S/c1-6-36-25(32)21-13(2)28-26-29(22(21)16-12-15(33-3)7-8-18(16)34-4)24(31)20(37-26)11-14-9-17(27)23(30)19(10-14)35-5/h7-12,22,30H,6H2,1-5H3/b20-11+/t22-/m1/s1. The third kappa shape index (κ3) is 4.97. The summed E-state index contributed by atoms with van der Waals surface area (Å²) >= 11 is 3.20. The van der Waals surface area contributed by atoms with Gasteiger partial charge in [0, 0.05) is 5.56 Å². The van der Waals surface area contributed by atoms with Crippen LogP contribution in [0.1, 0.15) is 31.0 Å². The molecule has 0 amide bonds. The van der Waals surface area contributed by atoms with Crippen molar-refractivity contribution in [2.45, 2.75) is 19.9 Å². The Morgan fingerprint density at radius 2 is 1.89 bits per heavy atom. The van der Waals surface area contributed by atoms with E-state index in [0.717, 1.165) is 0 Å². The number of aromatic nitrogens is 1. The summed E-state index contributed by atoms with van der Waals surface area (Å²) in [6, 6.07) is 7.75. The molecule has 4 rings (SSSR count). The molecule has 9 nitrogen and oxygen atoms in total. The van der Waals surface area contributed by atoms with E-state index in [9.17, 15) is 14.7 Å². The Morgan fingerprint density at radius 3 is 2.54 bits per heavy atom. The Hall–Kier alpha value is -3.32. The number of benzene rings is 2. The van der Waals surface area contributed by atoms with Gasteiger partial charge in [-0.1, -0.05) is 11.3 Å². The second-order valence-corrected chi connectivity index (χ2v) is 10.1. The number of allylic oxidation sites excluding steroid dienone is 1. The van der Waals surface area contributed by atoms with Gasteiger partial charge in [-0.25, -0.2) is 9.79 Å². The Labute approximate surface area is 230 Å². The first-order chi connectivity index (χ1) is 17.7. The molecule has 0 unspecified atom stereocenters. The monoisotopic (exact) mass is 636 g/mol. The summed E-state index contributed by atoms with van der Waals surface area (Å²) in [5.74, 6) is 0.786. The summed E-state index contributed by atoms with van der Waals surface area (Å²) < 4.78 is 24.1. The van der Waals surface area contributed by atoms with Crippen LogP contribution in [-0.4, -0.2) is 43.6 Å². The van der Waals surface area contributed by atoms with Gasteiger partial charge >= 0.3 is 5.97 Å². The maximum absolute atomic E-state index is 13.8. The van der Waals surface area contributed by atoms with Gasteiger partial charge in [-0.15, -0.1) is 0 Å². The van der Waals surface area contributed by atoms with Crippen LogP contribution >= 0.6 is 33.9 Å². The van der Waals surface area contributed by atoms with Crippen molar-refractivity contribution in [1.82, 2.24) is 4.57 Å². The van der Waals surface area contributed by atoms with Gasteiger partial charge in [0.05, 0.1) is 47.3 Å². The van der Waals surface area contributed by atoms with Crippen LogP contribution < -0.4 is 29.1 Å². The van der Waals surface area contributed by atoms with Crippen LogP contribution in [0.4, 0.5) is 0 Å². The number of rotatable bonds is 7. The Bertz CT molecular complexity index is 1590. The quantitative estimate of drug-likeness (QED) is 0.314. The maximum atomic E-state index is 13.8. The highest BCUT2D eigenvalue weighted by Crippen LogP contribution is 2.38. The van der Waals surface area contributed by atoms with Crippen molar-refractivity contribution >= 4 is 46.0 Å². The number of aromatic hydroxyl groups is 1. The molecule has 11 heteroatoms. The van der Waals surface area contributed by atoms with Crippen LogP contribution in [0.15, 0.2) is 51.4 Å². The van der Waals surface area contributed by atoms with Crippen LogP contribution in [-0.2, 0) is 9.53 Å². The van der Waals surface area contributed by atoms with Crippen molar-refractivity contribution in [3.05, 3.63) is 76.0 Å². The summed E-state index contributed by atoms with van der Waals surface area (Å²) in [7, 11) is 4.52. The summed E-state index contributed by atoms with van der Waals surface area (Å²) in [6.45, 7) is 3.61. The number of esters is 1. The lowest BCUT2D eigenvalue weighted by Crippen LogP contribution is -2.40. The van der Waals surface area contributed by atoms with E-state index in [2.05, 4.69) is 4.99 Å². The predicted molar refractivity (Wildman–Crippen MR) is 147 cm³/mol. The van der Waals surface area contributed by atoms with Gasteiger partial charge in [0.1, 0.15) is 17.5 Å². The SMILES string of the molecule is CCOC(=O)C1=C(C)N=c2s/c(=C/c3cc(I)c(O)c(OC)c3)c(=O)n2[C@@H]1c1cc(OC)ccc1OC. The Balaban J connectivity index is 2.01. The second-order valence-electron chi connectivity index (χ2n) is 7.96. The minimum absolute atomic E-state index is 0.0292. The molecule has 0 saturated carbocycles. The molecule has 3 aromatic rings.